The lowest BCUT2D eigenvalue weighted by molar-refractivity contribution is -0.134. The zero-order valence-corrected chi connectivity index (χ0v) is 16.0. The molecular weight excluding hydrogens is 344 g/mol. The Labute approximate surface area is 160 Å². The quantitative estimate of drug-likeness (QED) is 0.774. The molecule has 0 unspecified atom stereocenters. The minimum absolute atomic E-state index is 0.0418. The number of rotatable bonds is 6. The fourth-order valence-corrected chi connectivity index (χ4v) is 4.13. The molecule has 3 rings (SSSR count). The van der Waals surface area contributed by atoms with Crippen molar-refractivity contribution in [1.29, 1.82) is 0 Å². The molecule has 0 aromatic carbocycles. The highest BCUT2D eigenvalue weighted by Gasteiger charge is 2.40. The molecule has 148 valence electrons. The van der Waals surface area contributed by atoms with E-state index in [4.69, 9.17) is 0 Å². The summed E-state index contributed by atoms with van der Waals surface area (Å²) in [4.78, 5) is 32.9. The van der Waals surface area contributed by atoms with Gasteiger partial charge in [0.25, 0.3) is 0 Å². The third kappa shape index (κ3) is 5.05. The van der Waals surface area contributed by atoms with Crippen molar-refractivity contribution in [2.75, 3.05) is 19.6 Å². The van der Waals surface area contributed by atoms with Gasteiger partial charge < -0.3 is 15.3 Å². The van der Waals surface area contributed by atoms with Crippen LogP contribution in [0.25, 0.3) is 0 Å². The Balaban J connectivity index is 1.54. The summed E-state index contributed by atoms with van der Waals surface area (Å²) in [7, 11) is 0. The maximum Gasteiger partial charge on any atom is 0.237 e. The number of likely N-dealkylation sites (tertiary alicyclic amines) is 2. The number of β-amino-alcohol motifs (C(OH)–C–C–N with tert-alkyl or cyclic N) is 1. The van der Waals surface area contributed by atoms with E-state index in [0.717, 1.165) is 37.9 Å². The average molecular weight is 374 g/mol. The monoisotopic (exact) mass is 374 g/mol. The molecule has 27 heavy (non-hydrogen) atoms. The summed E-state index contributed by atoms with van der Waals surface area (Å²) in [6, 6.07) is 3.71. The van der Waals surface area contributed by atoms with Gasteiger partial charge in [0, 0.05) is 51.0 Å². The number of nitrogens with zero attached hydrogens (tertiary/aromatic N) is 3. The molecule has 0 spiro atoms. The van der Waals surface area contributed by atoms with Crippen molar-refractivity contribution >= 4 is 11.8 Å². The van der Waals surface area contributed by atoms with Crippen LogP contribution in [-0.4, -0.2) is 69.5 Å². The lowest BCUT2D eigenvalue weighted by Crippen LogP contribution is -2.52. The number of pyridine rings is 1. The van der Waals surface area contributed by atoms with Crippen molar-refractivity contribution in [2.24, 2.45) is 0 Å². The minimum atomic E-state index is -0.473. The van der Waals surface area contributed by atoms with E-state index in [2.05, 4.69) is 15.2 Å². The zero-order valence-electron chi connectivity index (χ0n) is 16.0. The first-order chi connectivity index (χ1) is 13.1. The maximum absolute atomic E-state index is 12.7. The van der Waals surface area contributed by atoms with Crippen LogP contribution in [0.15, 0.2) is 24.5 Å². The van der Waals surface area contributed by atoms with E-state index >= 15 is 0 Å². The van der Waals surface area contributed by atoms with Gasteiger partial charge in [-0.3, -0.25) is 19.5 Å². The molecule has 0 aliphatic carbocycles. The highest BCUT2D eigenvalue weighted by Crippen LogP contribution is 2.27. The number of piperidine rings is 1. The van der Waals surface area contributed by atoms with Gasteiger partial charge in [0.2, 0.25) is 11.8 Å². The molecule has 0 radical (unpaired) electrons. The lowest BCUT2D eigenvalue weighted by atomic mass is 10.0. The van der Waals surface area contributed by atoms with Crippen molar-refractivity contribution in [3.63, 3.8) is 0 Å². The Morgan fingerprint density at radius 1 is 1.33 bits per heavy atom. The van der Waals surface area contributed by atoms with Gasteiger partial charge in [-0.2, -0.15) is 0 Å². The fourth-order valence-electron chi connectivity index (χ4n) is 4.13. The molecule has 7 heteroatoms. The van der Waals surface area contributed by atoms with Crippen LogP contribution < -0.4 is 5.32 Å². The lowest BCUT2D eigenvalue weighted by Gasteiger charge is -2.39. The van der Waals surface area contributed by atoms with Crippen molar-refractivity contribution in [3.8, 4) is 0 Å². The predicted octanol–water partition coefficient (Wildman–Crippen LogP) is 0.924. The van der Waals surface area contributed by atoms with Gasteiger partial charge in [-0.25, -0.2) is 0 Å². The molecule has 2 fully saturated rings. The molecule has 1 aromatic rings. The first-order valence-electron chi connectivity index (χ1n) is 9.96. The number of carbonyl (C=O) groups is 2. The summed E-state index contributed by atoms with van der Waals surface area (Å²) >= 11 is 0. The molecule has 2 atom stereocenters. The van der Waals surface area contributed by atoms with Crippen molar-refractivity contribution < 1.29 is 14.7 Å². The Kier molecular flexibility index (Phi) is 6.79. The zero-order chi connectivity index (χ0) is 19.2. The SMILES string of the molecule is CCCC(=O)N1CCC(N2C[C@H](O)C[C@H]2C(=O)NCc2cccnc2)CC1. The summed E-state index contributed by atoms with van der Waals surface area (Å²) in [5.41, 5.74) is 0.957. The molecule has 2 N–H and O–H groups in total. The third-order valence-corrected chi connectivity index (χ3v) is 5.56. The summed E-state index contributed by atoms with van der Waals surface area (Å²) in [6.45, 7) is 4.46. The van der Waals surface area contributed by atoms with E-state index in [0.29, 0.717) is 25.9 Å². The Morgan fingerprint density at radius 2 is 2.11 bits per heavy atom. The Hall–Kier alpha value is -1.99. The van der Waals surface area contributed by atoms with Crippen LogP contribution in [0.3, 0.4) is 0 Å². The van der Waals surface area contributed by atoms with E-state index in [-0.39, 0.29) is 23.9 Å². The Morgan fingerprint density at radius 3 is 2.78 bits per heavy atom. The largest absolute Gasteiger partial charge is 0.392 e. The van der Waals surface area contributed by atoms with Gasteiger partial charge in [0.15, 0.2) is 0 Å². The van der Waals surface area contributed by atoms with Crippen LogP contribution in [0, 0.1) is 0 Å². The van der Waals surface area contributed by atoms with Gasteiger partial charge in [-0.15, -0.1) is 0 Å². The normalized spacial score (nSPS) is 24.1. The van der Waals surface area contributed by atoms with E-state index < -0.39 is 6.10 Å². The number of aliphatic hydroxyl groups excluding tert-OH is 1. The van der Waals surface area contributed by atoms with E-state index in [1.807, 2.05) is 24.0 Å². The Bertz CT molecular complexity index is 631. The summed E-state index contributed by atoms with van der Waals surface area (Å²) < 4.78 is 0. The van der Waals surface area contributed by atoms with Crippen LogP contribution in [-0.2, 0) is 16.1 Å². The standard InChI is InChI=1S/C20H30N4O3/c1-2-4-19(26)23-9-6-16(7-10-23)24-14-17(25)11-18(24)20(27)22-13-15-5-3-8-21-12-15/h3,5,8,12,16-18,25H,2,4,6-7,9-11,13-14H2,1H3,(H,22,27)/t17-,18+/m1/s1. The number of amides is 2. The van der Waals surface area contributed by atoms with Gasteiger partial charge in [-0.05, 0) is 37.3 Å². The number of carbonyl (C=O) groups excluding carboxylic acids is 2. The third-order valence-electron chi connectivity index (χ3n) is 5.56. The molecule has 7 nitrogen and oxygen atoms in total. The predicted molar refractivity (Wildman–Crippen MR) is 102 cm³/mol. The van der Waals surface area contributed by atoms with Gasteiger partial charge in [-0.1, -0.05) is 13.0 Å². The van der Waals surface area contributed by atoms with E-state index in [1.54, 1.807) is 12.4 Å². The van der Waals surface area contributed by atoms with Crippen LogP contribution in [0.5, 0.6) is 0 Å². The molecular formula is C20H30N4O3. The first kappa shape index (κ1) is 19.8. The van der Waals surface area contributed by atoms with Crippen LogP contribution in [0.1, 0.15) is 44.6 Å². The summed E-state index contributed by atoms with van der Waals surface area (Å²) in [5, 5.41) is 13.1. The second-order valence-corrected chi connectivity index (χ2v) is 7.54. The van der Waals surface area contributed by atoms with E-state index in [9.17, 15) is 14.7 Å². The van der Waals surface area contributed by atoms with Gasteiger partial charge >= 0.3 is 0 Å². The molecule has 2 saturated heterocycles. The molecule has 3 heterocycles. The first-order valence-corrected chi connectivity index (χ1v) is 9.96. The number of hydrogen-bond acceptors (Lipinski definition) is 5. The summed E-state index contributed by atoms with van der Waals surface area (Å²) in [5.74, 6) is 0.183. The van der Waals surface area contributed by atoms with Crippen LogP contribution in [0.4, 0.5) is 0 Å². The van der Waals surface area contributed by atoms with Crippen molar-refractivity contribution in [2.45, 2.75) is 63.8 Å². The summed E-state index contributed by atoms with van der Waals surface area (Å²) in [6.07, 6.45) is 6.63. The molecule has 1 aromatic heterocycles. The second-order valence-electron chi connectivity index (χ2n) is 7.54. The molecule has 2 aliphatic heterocycles. The number of hydrogen-bond donors (Lipinski definition) is 2. The highest BCUT2D eigenvalue weighted by molar-refractivity contribution is 5.82. The fraction of sp³-hybridized carbons (Fsp3) is 0.650. The van der Waals surface area contributed by atoms with Gasteiger partial charge in [0.05, 0.1) is 12.1 Å². The molecule has 0 bridgehead atoms. The number of aliphatic hydroxyl groups is 1. The van der Waals surface area contributed by atoms with Crippen LogP contribution in [0.2, 0.25) is 0 Å². The molecule has 2 aliphatic rings. The average Bonchev–Trinajstić information content (AvgIpc) is 3.09. The van der Waals surface area contributed by atoms with Gasteiger partial charge in [0.1, 0.15) is 0 Å². The van der Waals surface area contributed by atoms with Crippen LogP contribution >= 0.6 is 0 Å². The minimum Gasteiger partial charge on any atom is -0.392 e. The maximum atomic E-state index is 12.7. The number of nitrogens with one attached hydrogen (secondary N) is 1. The smallest absolute Gasteiger partial charge is 0.237 e. The van der Waals surface area contributed by atoms with Crippen molar-refractivity contribution in [1.82, 2.24) is 20.1 Å². The highest BCUT2D eigenvalue weighted by atomic mass is 16.3. The topological polar surface area (TPSA) is 85.8 Å². The molecule has 2 amide bonds. The van der Waals surface area contributed by atoms with Crippen molar-refractivity contribution in [3.05, 3.63) is 30.1 Å². The molecule has 0 saturated carbocycles. The van der Waals surface area contributed by atoms with E-state index in [1.165, 1.54) is 0 Å². The number of aromatic nitrogens is 1. The second kappa shape index (κ2) is 9.28.